The maximum Gasteiger partial charge on any atom is 0.426 e. The molecular formula is C50H54F3N14+. The van der Waals surface area contributed by atoms with E-state index in [2.05, 4.69) is 81.3 Å². The summed E-state index contributed by atoms with van der Waals surface area (Å²) in [6, 6.07) is 28.2. The smallest absolute Gasteiger partial charge is 0.351 e. The minimum Gasteiger partial charge on any atom is -0.351 e. The predicted octanol–water partition coefficient (Wildman–Crippen LogP) is 9.21. The molecule has 2 aliphatic heterocycles. The van der Waals surface area contributed by atoms with Gasteiger partial charge in [-0.1, -0.05) is 83.1 Å². The summed E-state index contributed by atoms with van der Waals surface area (Å²) >= 11 is 0. The minimum absolute atomic E-state index is 0.0439. The third-order valence-electron chi connectivity index (χ3n) is 12.3. The predicted molar refractivity (Wildman–Crippen MR) is 259 cm³/mol. The zero-order valence-electron chi connectivity index (χ0n) is 38.2. The van der Waals surface area contributed by atoms with Crippen molar-refractivity contribution in [2.75, 3.05) is 60.9 Å². The molecule has 0 radical (unpaired) electrons. The SMILES string of the molecule is CC(C)c1ccccc1NC(=NC#[N+]CC(C)C1CN(c2cnc3ccccc3n2)CCN1C(=Nc1cccc(C(F)(F)F)c1)NC#N)N1CCN(c2cnc3ccccc3n2)CC1C(C)C. The van der Waals surface area contributed by atoms with Gasteiger partial charge in [0.15, 0.2) is 12.7 Å². The molecule has 4 aromatic carbocycles. The number of aliphatic imine (C=N–C) groups is 2. The van der Waals surface area contributed by atoms with Crippen molar-refractivity contribution in [3.05, 3.63) is 125 Å². The fourth-order valence-electron chi connectivity index (χ4n) is 8.70. The molecule has 344 valence electrons. The number of hydrogen-bond donors (Lipinski definition) is 2. The second-order valence-corrected chi connectivity index (χ2v) is 17.5. The molecule has 14 nitrogen and oxygen atoms in total. The van der Waals surface area contributed by atoms with Gasteiger partial charge in [-0.2, -0.15) is 23.3 Å². The Morgan fingerprint density at radius 1 is 0.746 bits per heavy atom. The molecule has 0 amide bonds. The van der Waals surface area contributed by atoms with Gasteiger partial charge in [0.2, 0.25) is 5.96 Å². The highest BCUT2D eigenvalue weighted by molar-refractivity contribution is 5.95. The molecule has 0 saturated carbocycles. The maximum absolute atomic E-state index is 13.7. The highest BCUT2D eigenvalue weighted by atomic mass is 19.4. The number of halogens is 3. The Balaban J connectivity index is 1.10. The minimum atomic E-state index is -4.56. The number of rotatable bonds is 8. The fourth-order valence-corrected chi connectivity index (χ4v) is 8.70. The van der Waals surface area contributed by atoms with E-state index in [9.17, 15) is 18.4 Å². The van der Waals surface area contributed by atoms with E-state index in [0.29, 0.717) is 51.0 Å². The Morgan fingerprint density at radius 3 is 1.93 bits per heavy atom. The standard InChI is InChI=1S/C50H53F3N14/c1-33(2)38-15-6-7-16-39(38)63-49(66-23-21-64(29-44(66)34(3)4)46-27-56-40-17-8-10-19-42(40)61-46)59-32-55-26-35(5)45-30-65(47-28-57-41-18-9-11-20-43(41)62-47)22-24-67(45)48(58-31-54)60-37-14-12-13-36(25-37)50(51,52)53/h6-20,25,27-28,33-35,44-45H,21-24,26,29-30H2,1-5H3,(H,58,60)/p+1. The molecule has 4 heterocycles. The Kier molecular flexibility index (Phi) is 14.0. The summed E-state index contributed by atoms with van der Waals surface area (Å²) in [4.78, 5) is 42.2. The molecule has 2 fully saturated rings. The van der Waals surface area contributed by atoms with Crippen molar-refractivity contribution in [1.29, 1.82) is 5.26 Å². The van der Waals surface area contributed by atoms with Crippen LogP contribution >= 0.6 is 0 Å². The molecule has 3 unspecified atom stereocenters. The molecule has 0 aliphatic carbocycles. The zero-order chi connectivity index (χ0) is 47.1. The lowest BCUT2D eigenvalue weighted by Gasteiger charge is -2.44. The summed E-state index contributed by atoms with van der Waals surface area (Å²) < 4.78 is 41.2. The summed E-state index contributed by atoms with van der Waals surface area (Å²) in [6.45, 7) is 14.4. The number of nitrogens with one attached hydrogen (secondary N) is 2. The third kappa shape index (κ3) is 10.8. The summed E-state index contributed by atoms with van der Waals surface area (Å²) in [7, 11) is 0. The van der Waals surface area contributed by atoms with Gasteiger partial charge in [0.25, 0.3) is 0 Å². The van der Waals surface area contributed by atoms with E-state index in [-0.39, 0.29) is 48.0 Å². The van der Waals surface area contributed by atoms with Crippen LogP contribution in [0.2, 0.25) is 0 Å². The molecule has 2 saturated heterocycles. The van der Waals surface area contributed by atoms with Crippen LogP contribution in [0.1, 0.15) is 51.7 Å². The maximum atomic E-state index is 13.7. The normalized spacial score (nSPS) is 17.7. The topological polar surface area (TPSA) is 141 Å². The van der Waals surface area contributed by atoms with Gasteiger partial charge in [-0.3, -0.25) is 15.3 Å². The average Bonchev–Trinajstić information content (AvgIpc) is 3.34. The quantitative estimate of drug-likeness (QED) is 0.0654. The van der Waals surface area contributed by atoms with Crippen molar-refractivity contribution in [3.63, 3.8) is 0 Å². The Hall–Kier alpha value is -7.53. The average molecular weight is 908 g/mol. The van der Waals surface area contributed by atoms with Crippen LogP contribution in [0.3, 0.4) is 0 Å². The lowest BCUT2D eigenvalue weighted by Crippen LogP contribution is -2.60. The van der Waals surface area contributed by atoms with E-state index in [1.807, 2.05) is 84.9 Å². The van der Waals surface area contributed by atoms with E-state index in [4.69, 9.17) is 24.8 Å². The first kappa shape index (κ1) is 46.0. The molecule has 3 atom stereocenters. The van der Waals surface area contributed by atoms with Gasteiger partial charge < -0.3 is 24.9 Å². The Labute approximate surface area is 388 Å². The molecule has 0 spiro atoms. The Morgan fingerprint density at radius 2 is 1.33 bits per heavy atom. The number of alkyl halides is 3. The van der Waals surface area contributed by atoms with E-state index in [0.717, 1.165) is 51.3 Å². The van der Waals surface area contributed by atoms with E-state index in [1.165, 1.54) is 12.1 Å². The van der Waals surface area contributed by atoms with Gasteiger partial charge in [-0.25, -0.2) is 15.0 Å². The number of nitriles is 1. The van der Waals surface area contributed by atoms with Crippen LogP contribution in [-0.4, -0.2) is 99.6 Å². The molecule has 8 rings (SSSR count). The van der Waals surface area contributed by atoms with Gasteiger partial charge >= 0.3 is 18.3 Å². The van der Waals surface area contributed by atoms with Gasteiger partial charge in [-0.05, 0) is 65.9 Å². The van der Waals surface area contributed by atoms with Crippen molar-refractivity contribution < 1.29 is 13.2 Å². The van der Waals surface area contributed by atoms with Gasteiger partial charge in [0.05, 0.1) is 62.8 Å². The second kappa shape index (κ2) is 20.3. The summed E-state index contributed by atoms with van der Waals surface area (Å²) in [5, 5.41) is 16.2. The fraction of sp³-hybridized carbons (Fsp3) is 0.360. The van der Waals surface area contributed by atoms with E-state index < -0.39 is 11.7 Å². The molecule has 2 N–H and O–H groups in total. The first-order valence-electron chi connectivity index (χ1n) is 22.6. The highest BCUT2D eigenvalue weighted by Crippen LogP contribution is 2.33. The summed E-state index contributed by atoms with van der Waals surface area (Å²) in [5.74, 6) is 2.58. The van der Waals surface area contributed by atoms with Crippen molar-refractivity contribution in [2.24, 2.45) is 21.8 Å². The molecule has 2 aliphatic rings. The lowest BCUT2D eigenvalue weighted by atomic mass is 9.97. The van der Waals surface area contributed by atoms with E-state index >= 15 is 0 Å². The van der Waals surface area contributed by atoms with Crippen LogP contribution in [0.4, 0.5) is 36.2 Å². The van der Waals surface area contributed by atoms with Crippen LogP contribution < -0.4 is 20.4 Å². The third-order valence-corrected chi connectivity index (χ3v) is 12.3. The van der Waals surface area contributed by atoms with Crippen molar-refractivity contribution in [2.45, 2.75) is 58.8 Å². The first-order chi connectivity index (χ1) is 32.4. The molecule has 17 heteroatoms. The molecular weight excluding hydrogens is 854 g/mol. The van der Waals surface area contributed by atoms with Crippen LogP contribution in [-0.2, 0) is 6.18 Å². The van der Waals surface area contributed by atoms with Crippen molar-refractivity contribution in [1.82, 2.24) is 35.1 Å². The number of aromatic nitrogens is 4. The molecule has 0 bridgehead atoms. The van der Waals surface area contributed by atoms with Crippen LogP contribution in [0.15, 0.2) is 119 Å². The van der Waals surface area contributed by atoms with Crippen molar-refractivity contribution in [3.8, 4) is 12.4 Å². The number of anilines is 3. The number of benzene rings is 4. The Bertz CT molecular complexity index is 2860. The van der Waals surface area contributed by atoms with Crippen LogP contribution in [0, 0.1) is 29.5 Å². The molecule has 6 aromatic rings. The monoisotopic (exact) mass is 907 g/mol. The second-order valence-electron chi connectivity index (χ2n) is 17.5. The molecule has 67 heavy (non-hydrogen) atoms. The number of guanidine groups is 2. The number of hydrogen-bond acceptors (Lipinski definition) is 9. The lowest BCUT2D eigenvalue weighted by molar-refractivity contribution is -0.137. The van der Waals surface area contributed by atoms with Gasteiger partial charge in [0, 0.05) is 50.9 Å². The summed E-state index contributed by atoms with van der Waals surface area (Å²) in [6.07, 6.45) is 4.04. The number of fused-ring (bicyclic) bond motifs is 2. The number of piperazine rings is 2. The van der Waals surface area contributed by atoms with E-state index in [1.54, 1.807) is 6.20 Å². The summed E-state index contributed by atoms with van der Waals surface area (Å²) in [5.41, 5.74) is 4.57. The van der Waals surface area contributed by atoms with Crippen molar-refractivity contribution >= 4 is 57.0 Å². The number of para-hydroxylation sites is 5. The highest BCUT2D eigenvalue weighted by Gasteiger charge is 2.37. The number of nitrogens with zero attached hydrogens (tertiary/aromatic N) is 12. The molecule has 2 aromatic heterocycles. The van der Waals surface area contributed by atoms with Gasteiger partial charge in [0.1, 0.15) is 11.6 Å². The first-order valence-corrected chi connectivity index (χ1v) is 22.6. The van der Waals surface area contributed by atoms with Gasteiger partial charge in [-0.15, -0.1) is 0 Å². The zero-order valence-corrected chi connectivity index (χ0v) is 38.2. The largest absolute Gasteiger partial charge is 0.426 e. The van der Waals surface area contributed by atoms with Crippen LogP contribution in [0.25, 0.3) is 26.9 Å². The van der Waals surface area contributed by atoms with Crippen LogP contribution in [0.5, 0.6) is 0 Å².